The summed E-state index contributed by atoms with van der Waals surface area (Å²) in [4.78, 5) is 18.6. The molecule has 0 spiro atoms. The lowest BCUT2D eigenvalue weighted by molar-refractivity contribution is -0.130. The maximum atomic E-state index is 13.1. The molecule has 2 N–H and O–H groups in total. The molecular formula is C16H23N3O2S. The van der Waals surface area contributed by atoms with Crippen LogP contribution in [-0.2, 0) is 4.79 Å². The number of anilines is 1. The molecule has 3 rings (SSSR count). The number of amides is 1. The van der Waals surface area contributed by atoms with E-state index in [9.17, 15) is 10.0 Å². The minimum absolute atomic E-state index is 0.00799. The average Bonchev–Trinajstić information content (AvgIpc) is 2.92. The third-order valence-electron chi connectivity index (χ3n) is 6.54. The molecule has 1 heterocycles. The van der Waals surface area contributed by atoms with E-state index in [2.05, 4.69) is 36.2 Å². The Morgan fingerprint density at radius 2 is 2.00 bits per heavy atom. The molecular weight excluding hydrogens is 298 g/mol. The molecule has 120 valence electrons. The summed E-state index contributed by atoms with van der Waals surface area (Å²) in [6, 6.07) is 0. The summed E-state index contributed by atoms with van der Waals surface area (Å²) in [7, 11) is 0. The number of aryl methyl sites for hydroxylation is 2. The van der Waals surface area contributed by atoms with Crippen molar-refractivity contribution in [2.75, 3.05) is 5.32 Å². The first-order valence-corrected chi connectivity index (χ1v) is 8.46. The lowest BCUT2D eigenvalue weighted by Crippen LogP contribution is -2.43. The highest BCUT2D eigenvalue weighted by atomic mass is 32.1. The van der Waals surface area contributed by atoms with Crippen LogP contribution < -0.4 is 5.32 Å². The molecule has 0 aliphatic heterocycles. The lowest BCUT2D eigenvalue weighted by Gasteiger charge is -2.39. The molecule has 5 nitrogen and oxygen atoms in total. The third-order valence-corrected chi connectivity index (χ3v) is 7.53. The first-order chi connectivity index (χ1) is 10.2. The number of hydrogen-bond donors (Lipinski definition) is 2. The molecule has 2 fully saturated rings. The van der Waals surface area contributed by atoms with Gasteiger partial charge < -0.3 is 10.5 Å². The van der Waals surface area contributed by atoms with E-state index in [1.165, 1.54) is 11.3 Å². The number of thiazole rings is 1. The molecule has 0 aromatic carbocycles. The van der Waals surface area contributed by atoms with Crippen molar-refractivity contribution in [2.24, 2.45) is 21.4 Å². The molecule has 2 atom stereocenters. The first-order valence-electron chi connectivity index (χ1n) is 7.65. The molecule has 2 unspecified atom stereocenters. The summed E-state index contributed by atoms with van der Waals surface area (Å²) in [5, 5.41) is 16.5. The van der Waals surface area contributed by atoms with Crippen LogP contribution in [0.3, 0.4) is 0 Å². The fourth-order valence-electron chi connectivity index (χ4n) is 4.28. The number of nitrogens with one attached hydrogen (secondary N) is 1. The monoisotopic (exact) mass is 321 g/mol. The van der Waals surface area contributed by atoms with Crippen molar-refractivity contribution in [2.45, 2.75) is 53.9 Å². The van der Waals surface area contributed by atoms with Crippen LogP contribution in [0.25, 0.3) is 0 Å². The zero-order valence-electron chi connectivity index (χ0n) is 13.8. The van der Waals surface area contributed by atoms with Gasteiger partial charge >= 0.3 is 0 Å². The number of carbonyl (C=O) groups excluding carboxylic acids is 1. The number of hydrogen-bond acceptors (Lipinski definition) is 5. The average molecular weight is 321 g/mol. The van der Waals surface area contributed by atoms with E-state index >= 15 is 0 Å². The van der Waals surface area contributed by atoms with E-state index in [4.69, 9.17) is 0 Å². The van der Waals surface area contributed by atoms with Gasteiger partial charge in [0.05, 0.1) is 16.8 Å². The summed E-state index contributed by atoms with van der Waals surface area (Å²) in [5.74, 6) is 0.00799. The summed E-state index contributed by atoms with van der Waals surface area (Å²) < 4.78 is 0. The Morgan fingerprint density at radius 1 is 1.32 bits per heavy atom. The maximum absolute atomic E-state index is 13.1. The summed E-state index contributed by atoms with van der Waals surface area (Å²) in [5.41, 5.74) is 0.736. The van der Waals surface area contributed by atoms with Gasteiger partial charge in [0.2, 0.25) is 5.91 Å². The van der Waals surface area contributed by atoms with Gasteiger partial charge in [0.25, 0.3) is 0 Å². The Morgan fingerprint density at radius 3 is 2.50 bits per heavy atom. The second-order valence-corrected chi connectivity index (χ2v) is 8.58. The van der Waals surface area contributed by atoms with Crippen LogP contribution in [-0.4, -0.2) is 21.8 Å². The lowest BCUT2D eigenvalue weighted by atomic mass is 9.64. The zero-order valence-corrected chi connectivity index (χ0v) is 14.6. The van der Waals surface area contributed by atoms with E-state index in [1.807, 2.05) is 13.8 Å². The molecule has 2 aliphatic carbocycles. The van der Waals surface area contributed by atoms with Crippen LogP contribution in [0.5, 0.6) is 0 Å². The summed E-state index contributed by atoms with van der Waals surface area (Å²) in [6.07, 6.45) is 2.23. The number of carbonyl (C=O) groups is 1. The van der Waals surface area contributed by atoms with Crippen molar-refractivity contribution in [1.82, 2.24) is 4.98 Å². The fourth-order valence-corrected chi connectivity index (χ4v) is 5.09. The van der Waals surface area contributed by atoms with E-state index in [1.54, 1.807) is 0 Å². The largest absolute Gasteiger partial charge is 0.411 e. The number of aromatic nitrogens is 1. The maximum Gasteiger partial charge on any atom is 0.233 e. The fraction of sp³-hybridized carbons (Fsp3) is 0.688. The van der Waals surface area contributed by atoms with Crippen molar-refractivity contribution < 1.29 is 10.0 Å². The van der Waals surface area contributed by atoms with Crippen LogP contribution in [0.15, 0.2) is 5.16 Å². The van der Waals surface area contributed by atoms with Gasteiger partial charge in [0.15, 0.2) is 5.13 Å². The molecule has 0 radical (unpaired) electrons. The Balaban J connectivity index is 1.95. The summed E-state index contributed by atoms with van der Waals surface area (Å²) >= 11 is 1.51. The smallest absolute Gasteiger partial charge is 0.233 e. The molecule has 6 heteroatoms. The van der Waals surface area contributed by atoms with Gasteiger partial charge in [-0.15, -0.1) is 11.3 Å². The Labute approximate surface area is 134 Å². The van der Waals surface area contributed by atoms with Gasteiger partial charge in [-0.1, -0.05) is 25.9 Å². The standard InChI is InChI=1S/C16H23N3O2S/c1-9-10(2)22-13(17-9)18-12(20)16-7-6-15(5,14(16,3)4)11(8-16)19-21/h21H,6-8H2,1-5H3,(H,17,18,20). The molecule has 1 aromatic heterocycles. The molecule has 1 aromatic rings. The topological polar surface area (TPSA) is 74.6 Å². The van der Waals surface area contributed by atoms with Gasteiger partial charge in [-0.2, -0.15) is 0 Å². The molecule has 0 saturated heterocycles. The zero-order chi connectivity index (χ0) is 16.3. The Hall–Kier alpha value is -1.43. The van der Waals surface area contributed by atoms with Crippen LogP contribution in [0, 0.1) is 30.1 Å². The molecule has 2 aliphatic rings. The van der Waals surface area contributed by atoms with Gasteiger partial charge in [0, 0.05) is 16.7 Å². The van der Waals surface area contributed by atoms with Crippen molar-refractivity contribution >= 4 is 28.1 Å². The molecule has 2 saturated carbocycles. The van der Waals surface area contributed by atoms with Crippen molar-refractivity contribution in [1.29, 1.82) is 0 Å². The van der Waals surface area contributed by atoms with Crippen LogP contribution in [0.1, 0.15) is 50.6 Å². The second-order valence-electron chi connectivity index (χ2n) is 7.38. The highest BCUT2D eigenvalue weighted by Crippen LogP contribution is 2.71. The molecule has 1 amide bonds. The Kier molecular flexibility index (Phi) is 3.19. The quantitative estimate of drug-likeness (QED) is 0.643. The van der Waals surface area contributed by atoms with Gasteiger partial charge in [-0.05, 0) is 32.1 Å². The van der Waals surface area contributed by atoms with E-state index in [-0.39, 0.29) is 16.7 Å². The Bertz CT molecular complexity index is 659. The molecule has 22 heavy (non-hydrogen) atoms. The van der Waals surface area contributed by atoms with Gasteiger partial charge in [-0.25, -0.2) is 4.98 Å². The number of fused-ring (bicyclic) bond motifs is 2. The number of rotatable bonds is 2. The minimum atomic E-state index is -0.517. The first kappa shape index (κ1) is 15.5. The third kappa shape index (κ3) is 1.67. The summed E-state index contributed by atoms with van der Waals surface area (Å²) in [6.45, 7) is 10.3. The van der Waals surface area contributed by atoms with E-state index < -0.39 is 5.41 Å². The highest BCUT2D eigenvalue weighted by Gasteiger charge is 2.71. The van der Waals surface area contributed by atoms with Crippen molar-refractivity contribution in [3.63, 3.8) is 0 Å². The number of nitrogens with zero attached hydrogens (tertiary/aromatic N) is 2. The van der Waals surface area contributed by atoms with Crippen LogP contribution in [0.2, 0.25) is 0 Å². The van der Waals surface area contributed by atoms with Crippen LogP contribution >= 0.6 is 11.3 Å². The van der Waals surface area contributed by atoms with Gasteiger partial charge in [-0.3, -0.25) is 4.79 Å². The highest BCUT2D eigenvalue weighted by molar-refractivity contribution is 7.15. The SMILES string of the molecule is Cc1nc(NC(=O)C23CCC(C)(C(=NO)C2)C3(C)C)sc1C. The minimum Gasteiger partial charge on any atom is -0.411 e. The predicted octanol–water partition coefficient (Wildman–Crippen LogP) is 3.75. The normalized spacial score (nSPS) is 34.3. The van der Waals surface area contributed by atoms with Gasteiger partial charge in [0.1, 0.15) is 0 Å². The number of oxime groups is 1. The van der Waals surface area contributed by atoms with E-state index in [0.717, 1.165) is 29.1 Å². The second kappa shape index (κ2) is 4.54. The van der Waals surface area contributed by atoms with Crippen LogP contribution in [0.4, 0.5) is 5.13 Å². The van der Waals surface area contributed by atoms with E-state index in [0.29, 0.717) is 11.6 Å². The molecule has 2 bridgehead atoms. The van der Waals surface area contributed by atoms with Crippen molar-refractivity contribution in [3.05, 3.63) is 10.6 Å². The van der Waals surface area contributed by atoms with Crippen molar-refractivity contribution in [3.8, 4) is 0 Å². The predicted molar refractivity (Wildman–Crippen MR) is 87.6 cm³/mol.